The molecule has 24 heavy (non-hydrogen) atoms. The standard InChI is InChI=1S/C19H28N2O2S/c1-24-14-13-17(21-18(22)15-9-5-4-6-10-15)19(23)20-16-11-7-2-3-8-12-16/h4-6,9-10,16-17H,2-3,7-8,11-14H2,1H3,(H,20,23)(H,21,22)/t17-/m1/s1. The lowest BCUT2D eigenvalue weighted by Crippen LogP contribution is -2.49. The van der Waals surface area contributed by atoms with Gasteiger partial charge in [-0.2, -0.15) is 11.8 Å². The number of hydrogen-bond acceptors (Lipinski definition) is 3. The SMILES string of the molecule is CSCC[C@@H](NC(=O)c1ccccc1)C(=O)NC1CCCCCC1. The lowest BCUT2D eigenvalue weighted by molar-refractivity contribution is -0.123. The summed E-state index contributed by atoms with van der Waals surface area (Å²) in [5, 5.41) is 6.07. The van der Waals surface area contributed by atoms with E-state index in [1.807, 2.05) is 24.5 Å². The zero-order valence-electron chi connectivity index (χ0n) is 14.4. The summed E-state index contributed by atoms with van der Waals surface area (Å²) in [6.45, 7) is 0. The largest absolute Gasteiger partial charge is 0.352 e. The summed E-state index contributed by atoms with van der Waals surface area (Å²) >= 11 is 1.69. The Labute approximate surface area is 149 Å². The molecule has 0 unspecified atom stereocenters. The van der Waals surface area contributed by atoms with Gasteiger partial charge in [0.15, 0.2) is 0 Å². The van der Waals surface area contributed by atoms with Crippen molar-refractivity contribution in [3.63, 3.8) is 0 Å². The molecule has 1 aliphatic rings. The van der Waals surface area contributed by atoms with Gasteiger partial charge in [-0.25, -0.2) is 0 Å². The van der Waals surface area contributed by atoms with E-state index in [1.54, 1.807) is 23.9 Å². The quantitative estimate of drug-likeness (QED) is 0.743. The first kappa shape index (κ1) is 18.8. The maximum Gasteiger partial charge on any atom is 0.251 e. The molecule has 0 heterocycles. The Balaban J connectivity index is 1.95. The van der Waals surface area contributed by atoms with Crippen LogP contribution >= 0.6 is 11.8 Å². The van der Waals surface area contributed by atoms with Crippen LogP contribution in [0.15, 0.2) is 30.3 Å². The second-order valence-electron chi connectivity index (χ2n) is 6.37. The van der Waals surface area contributed by atoms with Crippen molar-refractivity contribution in [3.05, 3.63) is 35.9 Å². The number of thioether (sulfide) groups is 1. The zero-order chi connectivity index (χ0) is 17.2. The number of nitrogens with one attached hydrogen (secondary N) is 2. The van der Waals surface area contributed by atoms with Gasteiger partial charge in [0.05, 0.1) is 0 Å². The molecule has 1 aromatic rings. The predicted molar refractivity (Wildman–Crippen MR) is 100 cm³/mol. The van der Waals surface area contributed by atoms with Crippen molar-refractivity contribution in [2.75, 3.05) is 12.0 Å². The second-order valence-corrected chi connectivity index (χ2v) is 7.36. The fourth-order valence-corrected chi connectivity index (χ4v) is 3.53. The Morgan fingerprint density at radius 2 is 1.79 bits per heavy atom. The third kappa shape index (κ3) is 6.19. The van der Waals surface area contributed by atoms with E-state index in [2.05, 4.69) is 10.6 Å². The maximum atomic E-state index is 12.7. The van der Waals surface area contributed by atoms with Crippen LogP contribution in [0.5, 0.6) is 0 Å². The Morgan fingerprint density at radius 1 is 1.12 bits per heavy atom. The molecule has 0 saturated heterocycles. The third-order valence-corrected chi connectivity index (χ3v) is 5.11. The van der Waals surface area contributed by atoms with Crippen molar-refractivity contribution in [3.8, 4) is 0 Å². The van der Waals surface area contributed by atoms with Gasteiger partial charge in [-0.05, 0) is 43.4 Å². The minimum Gasteiger partial charge on any atom is -0.352 e. The summed E-state index contributed by atoms with van der Waals surface area (Å²) in [7, 11) is 0. The molecule has 2 amide bonds. The molecule has 0 spiro atoms. The van der Waals surface area contributed by atoms with Gasteiger partial charge in [-0.15, -0.1) is 0 Å². The minimum absolute atomic E-state index is 0.0415. The number of carbonyl (C=O) groups excluding carboxylic acids is 2. The van der Waals surface area contributed by atoms with Crippen molar-refractivity contribution in [2.24, 2.45) is 0 Å². The molecule has 1 atom stereocenters. The van der Waals surface area contributed by atoms with E-state index in [9.17, 15) is 9.59 Å². The highest BCUT2D eigenvalue weighted by molar-refractivity contribution is 7.98. The van der Waals surface area contributed by atoms with Crippen molar-refractivity contribution in [2.45, 2.75) is 57.0 Å². The molecular weight excluding hydrogens is 320 g/mol. The average molecular weight is 349 g/mol. The average Bonchev–Trinajstić information content (AvgIpc) is 2.87. The van der Waals surface area contributed by atoms with Gasteiger partial charge in [0.25, 0.3) is 5.91 Å². The molecule has 0 radical (unpaired) electrons. The first-order chi connectivity index (χ1) is 11.7. The number of benzene rings is 1. The fraction of sp³-hybridized carbons (Fsp3) is 0.579. The first-order valence-corrected chi connectivity index (χ1v) is 10.3. The van der Waals surface area contributed by atoms with Crippen LogP contribution < -0.4 is 10.6 Å². The van der Waals surface area contributed by atoms with E-state index >= 15 is 0 Å². The van der Waals surface area contributed by atoms with Gasteiger partial charge in [-0.3, -0.25) is 9.59 Å². The number of carbonyl (C=O) groups is 2. The van der Waals surface area contributed by atoms with E-state index in [0.717, 1.165) is 18.6 Å². The van der Waals surface area contributed by atoms with Crippen LogP contribution in [0, 0.1) is 0 Å². The minimum atomic E-state index is -0.464. The van der Waals surface area contributed by atoms with Crippen molar-refractivity contribution >= 4 is 23.6 Å². The van der Waals surface area contributed by atoms with Crippen LogP contribution in [0.4, 0.5) is 0 Å². The summed E-state index contributed by atoms with van der Waals surface area (Å²) in [5.74, 6) is 0.621. The van der Waals surface area contributed by atoms with E-state index in [0.29, 0.717) is 12.0 Å². The Hall–Kier alpha value is -1.49. The molecule has 4 nitrogen and oxygen atoms in total. The topological polar surface area (TPSA) is 58.2 Å². The van der Waals surface area contributed by atoms with Crippen molar-refractivity contribution < 1.29 is 9.59 Å². The van der Waals surface area contributed by atoms with E-state index in [4.69, 9.17) is 0 Å². The molecule has 0 bridgehead atoms. The van der Waals surface area contributed by atoms with Crippen molar-refractivity contribution in [1.29, 1.82) is 0 Å². The first-order valence-electron chi connectivity index (χ1n) is 8.86. The summed E-state index contributed by atoms with van der Waals surface area (Å²) in [4.78, 5) is 25.0. The van der Waals surface area contributed by atoms with E-state index < -0.39 is 6.04 Å². The van der Waals surface area contributed by atoms with Gasteiger partial charge in [-0.1, -0.05) is 43.9 Å². The predicted octanol–water partition coefficient (Wildman–Crippen LogP) is 3.38. The van der Waals surface area contributed by atoms with Gasteiger partial charge >= 0.3 is 0 Å². The third-order valence-electron chi connectivity index (χ3n) is 4.47. The lowest BCUT2D eigenvalue weighted by Gasteiger charge is -2.22. The molecule has 1 saturated carbocycles. The summed E-state index contributed by atoms with van der Waals surface area (Å²) in [6.07, 6.45) is 9.63. The van der Waals surface area contributed by atoms with Crippen LogP contribution in [-0.4, -0.2) is 35.9 Å². The Bertz CT molecular complexity index is 513. The van der Waals surface area contributed by atoms with Gasteiger partial charge in [0.1, 0.15) is 6.04 Å². The fourth-order valence-electron chi connectivity index (χ4n) is 3.06. The molecule has 0 aliphatic heterocycles. The number of rotatable bonds is 7. The van der Waals surface area contributed by atoms with Crippen LogP contribution in [0.2, 0.25) is 0 Å². The molecular formula is C19H28N2O2S. The molecule has 1 aliphatic carbocycles. The molecule has 2 N–H and O–H groups in total. The Morgan fingerprint density at radius 3 is 2.42 bits per heavy atom. The van der Waals surface area contributed by atoms with E-state index in [-0.39, 0.29) is 17.9 Å². The molecule has 0 aromatic heterocycles. The second kappa shape index (κ2) is 10.4. The van der Waals surface area contributed by atoms with Crippen LogP contribution in [0.1, 0.15) is 55.3 Å². The normalized spacial score (nSPS) is 16.9. The monoisotopic (exact) mass is 348 g/mol. The molecule has 1 aromatic carbocycles. The van der Waals surface area contributed by atoms with Crippen LogP contribution in [0.25, 0.3) is 0 Å². The smallest absolute Gasteiger partial charge is 0.251 e. The highest BCUT2D eigenvalue weighted by Crippen LogP contribution is 2.17. The van der Waals surface area contributed by atoms with Gasteiger partial charge in [0.2, 0.25) is 5.91 Å². The number of amides is 2. The van der Waals surface area contributed by atoms with Crippen LogP contribution in [-0.2, 0) is 4.79 Å². The van der Waals surface area contributed by atoms with Gasteiger partial charge < -0.3 is 10.6 Å². The Kier molecular flexibility index (Phi) is 8.16. The summed E-state index contributed by atoms with van der Waals surface area (Å²) in [5.41, 5.74) is 0.592. The van der Waals surface area contributed by atoms with Crippen molar-refractivity contribution in [1.82, 2.24) is 10.6 Å². The van der Waals surface area contributed by atoms with Gasteiger partial charge in [0, 0.05) is 11.6 Å². The summed E-state index contributed by atoms with van der Waals surface area (Å²) < 4.78 is 0. The molecule has 2 rings (SSSR count). The highest BCUT2D eigenvalue weighted by atomic mass is 32.2. The molecule has 5 heteroatoms. The van der Waals surface area contributed by atoms with E-state index in [1.165, 1.54) is 25.7 Å². The number of hydrogen-bond donors (Lipinski definition) is 2. The molecule has 132 valence electrons. The molecule has 1 fully saturated rings. The highest BCUT2D eigenvalue weighted by Gasteiger charge is 2.23. The zero-order valence-corrected chi connectivity index (χ0v) is 15.2. The summed E-state index contributed by atoms with van der Waals surface area (Å²) in [6, 6.07) is 8.86. The lowest BCUT2D eigenvalue weighted by atomic mass is 10.1. The maximum absolute atomic E-state index is 12.7. The van der Waals surface area contributed by atoms with Crippen LogP contribution in [0.3, 0.4) is 0 Å².